The van der Waals surface area contributed by atoms with Gasteiger partial charge in [0.05, 0.1) is 25.8 Å². The molecule has 4 rings (SSSR count). The lowest BCUT2D eigenvalue weighted by Crippen LogP contribution is -2.36. The summed E-state index contributed by atoms with van der Waals surface area (Å²) in [6.45, 7) is 3.15. The van der Waals surface area contributed by atoms with Crippen LogP contribution in [0.2, 0.25) is 0 Å². The van der Waals surface area contributed by atoms with Crippen LogP contribution in [-0.2, 0) is 4.74 Å². The molecule has 0 unspecified atom stereocenters. The first kappa shape index (κ1) is 14.0. The Balaban J connectivity index is 1.74. The van der Waals surface area contributed by atoms with Crippen LogP contribution in [0.3, 0.4) is 0 Å². The summed E-state index contributed by atoms with van der Waals surface area (Å²) in [5.41, 5.74) is 2.92. The first-order chi connectivity index (χ1) is 11.3. The van der Waals surface area contributed by atoms with Gasteiger partial charge in [0.25, 0.3) is 0 Å². The summed E-state index contributed by atoms with van der Waals surface area (Å²) >= 11 is 0. The van der Waals surface area contributed by atoms with Crippen LogP contribution in [0.1, 0.15) is 0 Å². The van der Waals surface area contributed by atoms with Crippen molar-refractivity contribution >= 4 is 16.9 Å². The van der Waals surface area contributed by atoms with E-state index in [1.807, 2.05) is 36.5 Å². The Hall–Kier alpha value is -2.60. The van der Waals surface area contributed by atoms with Gasteiger partial charge in [0, 0.05) is 24.8 Å². The summed E-state index contributed by atoms with van der Waals surface area (Å²) in [6.07, 6.45) is 1.82. The SMILES string of the molecule is COc1ccc(-c2nc3c(N4CCOCC4)nccc3[nH]2)cc1. The Morgan fingerprint density at radius 2 is 1.91 bits per heavy atom. The van der Waals surface area contributed by atoms with Crippen LogP contribution in [0.25, 0.3) is 22.4 Å². The minimum absolute atomic E-state index is 0.730. The fraction of sp³-hybridized carbons (Fsp3) is 0.294. The number of methoxy groups -OCH3 is 1. The number of nitrogens with zero attached hydrogens (tertiary/aromatic N) is 3. The second kappa shape index (κ2) is 5.89. The number of aromatic amines is 1. The molecule has 0 saturated carbocycles. The molecule has 0 aliphatic carbocycles. The molecule has 3 aromatic rings. The van der Waals surface area contributed by atoms with Crippen molar-refractivity contribution in [1.82, 2.24) is 15.0 Å². The molecule has 1 fully saturated rings. The molecule has 0 bridgehead atoms. The minimum atomic E-state index is 0.730. The predicted octanol–water partition coefficient (Wildman–Crippen LogP) is 2.47. The van der Waals surface area contributed by atoms with Crippen molar-refractivity contribution in [3.63, 3.8) is 0 Å². The number of nitrogens with one attached hydrogen (secondary N) is 1. The molecular formula is C17H18N4O2. The third kappa shape index (κ3) is 2.61. The van der Waals surface area contributed by atoms with Crippen molar-refractivity contribution in [2.75, 3.05) is 38.3 Å². The number of imidazole rings is 1. The van der Waals surface area contributed by atoms with Gasteiger partial charge >= 0.3 is 0 Å². The van der Waals surface area contributed by atoms with E-state index in [1.54, 1.807) is 7.11 Å². The fourth-order valence-corrected chi connectivity index (χ4v) is 2.81. The van der Waals surface area contributed by atoms with E-state index < -0.39 is 0 Å². The quantitative estimate of drug-likeness (QED) is 0.805. The number of rotatable bonds is 3. The van der Waals surface area contributed by atoms with Crippen LogP contribution < -0.4 is 9.64 Å². The van der Waals surface area contributed by atoms with Crippen LogP contribution in [0, 0.1) is 0 Å². The number of morpholine rings is 1. The lowest BCUT2D eigenvalue weighted by Gasteiger charge is -2.27. The summed E-state index contributed by atoms with van der Waals surface area (Å²) < 4.78 is 10.6. The van der Waals surface area contributed by atoms with E-state index in [1.165, 1.54) is 0 Å². The molecule has 0 atom stereocenters. The van der Waals surface area contributed by atoms with Gasteiger partial charge in [-0.1, -0.05) is 0 Å². The number of H-pyrrole nitrogens is 1. The Kier molecular flexibility index (Phi) is 3.59. The highest BCUT2D eigenvalue weighted by Crippen LogP contribution is 2.27. The largest absolute Gasteiger partial charge is 0.497 e. The number of hydrogen-bond donors (Lipinski definition) is 1. The van der Waals surface area contributed by atoms with E-state index in [0.717, 1.165) is 60.3 Å². The highest BCUT2D eigenvalue weighted by Gasteiger charge is 2.17. The van der Waals surface area contributed by atoms with E-state index in [2.05, 4.69) is 14.9 Å². The Morgan fingerprint density at radius 1 is 1.13 bits per heavy atom. The summed E-state index contributed by atoms with van der Waals surface area (Å²) in [5, 5.41) is 0. The number of ether oxygens (including phenoxy) is 2. The van der Waals surface area contributed by atoms with Gasteiger partial charge in [0.1, 0.15) is 17.1 Å². The lowest BCUT2D eigenvalue weighted by atomic mass is 10.2. The van der Waals surface area contributed by atoms with Crippen molar-refractivity contribution in [3.05, 3.63) is 36.5 Å². The van der Waals surface area contributed by atoms with E-state index in [9.17, 15) is 0 Å². The van der Waals surface area contributed by atoms with Gasteiger partial charge in [-0.15, -0.1) is 0 Å². The second-order valence-corrected chi connectivity index (χ2v) is 5.44. The molecule has 0 spiro atoms. The predicted molar refractivity (Wildman–Crippen MR) is 88.9 cm³/mol. The Morgan fingerprint density at radius 3 is 2.65 bits per heavy atom. The zero-order valence-electron chi connectivity index (χ0n) is 13.0. The standard InChI is InChI=1S/C17H18N4O2/c1-22-13-4-2-12(3-5-13)16-19-14-6-7-18-17(15(14)20-16)21-8-10-23-11-9-21/h2-7H,8-11H2,1H3,(H,19,20). The molecule has 1 N–H and O–H groups in total. The molecule has 118 valence electrons. The Bertz CT molecular complexity index is 807. The second-order valence-electron chi connectivity index (χ2n) is 5.44. The molecular weight excluding hydrogens is 292 g/mol. The fourth-order valence-electron chi connectivity index (χ4n) is 2.81. The number of fused-ring (bicyclic) bond motifs is 1. The topological polar surface area (TPSA) is 63.3 Å². The van der Waals surface area contributed by atoms with Crippen molar-refractivity contribution < 1.29 is 9.47 Å². The molecule has 1 aliphatic rings. The van der Waals surface area contributed by atoms with Gasteiger partial charge in [-0.05, 0) is 30.3 Å². The highest BCUT2D eigenvalue weighted by molar-refractivity contribution is 5.88. The van der Waals surface area contributed by atoms with Crippen molar-refractivity contribution in [2.45, 2.75) is 0 Å². The maximum atomic E-state index is 5.42. The van der Waals surface area contributed by atoms with Gasteiger partial charge in [0.2, 0.25) is 0 Å². The third-order valence-corrected chi connectivity index (χ3v) is 4.06. The average molecular weight is 310 g/mol. The van der Waals surface area contributed by atoms with Crippen molar-refractivity contribution in [1.29, 1.82) is 0 Å². The number of benzene rings is 1. The maximum Gasteiger partial charge on any atom is 0.156 e. The molecule has 6 nitrogen and oxygen atoms in total. The van der Waals surface area contributed by atoms with Crippen LogP contribution in [-0.4, -0.2) is 48.4 Å². The average Bonchev–Trinajstić information content (AvgIpc) is 3.06. The molecule has 6 heteroatoms. The summed E-state index contributed by atoms with van der Waals surface area (Å²) in [4.78, 5) is 14.9. The Labute approximate surface area is 134 Å². The number of pyridine rings is 1. The maximum absolute atomic E-state index is 5.42. The van der Waals surface area contributed by atoms with E-state index >= 15 is 0 Å². The zero-order valence-corrected chi connectivity index (χ0v) is 13.0. The molecule has 1 aromatic carbocycles. The summed E-state index contributed by atoms with van der Waals surface area (Å²) in [7, 11) is 1.66. The van der Waals surface area contributed by atoms with E-state index in [4.69, 9.17) is 14.5 Å². The first-order valence-corrected chi connectivity index (χ1v) is 7.67. The van der Waals surface area contributed by atoms with E-state index in [0.29, 0.717) is 0 Å². The van der Waals surface area contributed by atoms with Crippen LogP contribution in [0.15, 0.2) is 36.5 Å². The van der Waals surface area contributed by atoms with E-state index in [-0.39, 0.29) is 0 Å². The molecule has 0 radical (unpaired) electrons. The monoisotopic (exact) mass is 310 g/mol. The smallest absolute Gasteiger partial charge is 0.156 e. The molecule has 1 aliphatic heterocycles. The normalized spacial score (nSPS) is 15.1. The zero-order chi connectivity index (χ0) is 15.6. The first-order valence-electron chi connectivity index (χ1n) is 7.67. The van der Waals surface area contributed by atoms with Crippen LogP contribution in [0.5, 0.6) is 5.75 Å². The highest BCUT2D eigenvalue weighted by atomic mass is 16.5. The number of anilines is 1. The number of hydrogen-bond acceptors (Lipinski definition) is 5. The van der Waals surface area contributed by atoms with Gasteiger partial charge in [-0.3, -0.25) is 0 Å². The van der Waals surface area contributed by atoms with Gasteiger partial charge in [-0.2, -0.15) is 0 Å². The van der Waals surface area contributed by atoms with Crippen molar-refractivity contribution in [2.24, 2.45) is 0 Å². The lowest BCUT2D eigenvalue weighted by molar-refractivity contribution is 0.122. The van der Waals surface area contributed by atoms with Gasteiger partial charge < -0.3 is 19.4 Å². The molecule has 23 heavy (non-hydrogen) atoms. The van der Waals surface area contributed by atoms with Crippen molar-refractivity contribution in [3.8, 4) is 17.1 Å². The molecule has 3 heterocycles. The number of aromatic nitrogens is 3. The van der Waals surface area contributed by atoms with Gasteiger partial charge in [0.15, 0.2) is 5.82 Å². The molecule has 0 amide bonds. The molecule has 2 aromatic heterocycles. The van der Waals surface area contributed by atoms with Gasteiger partial charge in [-0.25, -0.2) is 9.97 Å². The minimum Gasteiger partial charge on any atom is -0.497 e. The summed E-state index contributed by atoms with van der Waals surface area (Å²) in [5.74, 6) is 2.59. The molecule has 1 saturated heterocycles. The third-order valence-electron chi connectivity index (χ3n) is 4.06. The summed E-state index contributed by atoms with van der Waals surface area (Å²) in [6, 6.07) is 9.82. The van der Waals surface area contributed by atoms with Crippen LogP contribution in [0.4, 0.5) is 5.82 Å². The van der Waals surface area contributed by atoms with Crippen LogP contribution >= 0.6 is 0 Å².